The van der Waals surface area contributed by atoms with Gasteiger partial charge in [-0.1, -0.05) is 0 Å². The molecule has 0 aromatic heterocycles. The van der Waals surface area contributed by atoms with Crippen LogP contribution in [0.25, 0.3) is 0 Å². The molecule has 0 aromatic rings. The van der Waals surface area contributed by atoms with Crippen molar-refractivity contribution in [3.05, 3.63) is 0 Å². The van der Waals surface area contributed by atoms with Gasteiger partial charge in [-0.2, -0.15) is 0 Å². The van der Waals surface area contributed by atoms with Gasteiger partial charge in [-0.05, 0) is 6.92 Å². The lowest BCUT2D eigenvalue weighted by atomic mass is 10.5. The fourth-order valence-electron chi connectivity index (χ4n) is 0.716. The quantitative estimate of drug-likeness (QED) is 0.627. The molecule has 0 saturated carbocycles. The van der Waals surface area contributed by atoms with Gasteiger partial charge in [0.2, 0.25) is 0 Å². The van der Waals surface area contributed by atoms with Crippen LogP contribution < -0.4 is 5.73 Å². The van der Waals surface area contributed by atoms with E-state index in [0.717, 1.165) is 6.54 Å². The molecule has 0 spiro atoms. The van der Waals surface area contributed by atoms with Crippen LogP contribution >= 0.6 is 0 Å². The van der Waals surface area contributed by atoms with Crippen molar-refractivity contribution < 1.29 is 4.79 Å². The topological polar surface area (TPSA) is 49.6 Å². The summed E-state index contributed by atoms with van der Waals surface area (Å²) >= 11 is 0. The Morgan fingerprint density at radius 2 is 1.91 bits per heavy atom. The van der Waals surface area contributed by atoms with E-state index in [4.69, 9.17) is 5.73 Å². The first-order chi connectivity index (χ1) is 5.13. The van der Waals surface area contributed by atoms with E-state index >= 15 is 0 Å². The molecule has 0 bridgehead atoms. The maximum absolute atomic E-state index is 11.3. The van der Waals surface area contributed by atoms with E-state index < -0.39 is 0 Å². The molecule has 66 valence electrons. The summed E-state index contributed by atoms with van der Waals surface area (Å²) in [5.74, 6) is 0. The van der Waals surface area contributed by atoms with E-state index in [1.54, 1.807) is 23.9 Å². The Balaban J connectivity index is 3.81. The first-order valence-electron chi connectivity index (χ1n) is 3.79. The molecule has 2 N–H and O–H groups in total. The largest absolute Gasteiger partial charge is 0.329 e. The summed E-state index contributed by atoms with van der Waals surface area (Å²) in [5.41, 5.74) is 5.30. The molecule has 0 aliphatic carbocycles. The molecule has 0 saturated heterocycles. The predicted octanol–water partition coefficient (Wildman–Crippen LogP) is -0.0514. The van der Waals surface area contributed by atoms with Crippen LogP contribution in [0, 0.1) is 0 Å². The normalized spacial score (nSPS) is 9.45. The van der Waals surface area contributed by atoms with Crippen LogP contribution in [-0.2, 0) is 0 Å². The van der Waals surface area contributed by atoms with Crippen LogP contribution in [0.5, 0.6) is 0 Å². The van der Waals surface area contributed by atoms with Crippen LogP contribution in [-0.4, -0.2) is 49.6 Å². The lowest BCUT2D eigenvalue weighted by Gasteiger charge is -2.22. The highest BCUT2D eigenvalue weighted by Crippen LogP contribution is 1.91. The van der Waals surface area contributed by atoms with E-state index in [-0.39, 0.29) is 6.03 Å². The van der Waals surface area contributed by atoms with E-state index in [1.807, 2.05) is 6.92 Å². The minimum atomic E-state index is 0.0259. The number of rotatable bonds is 3. The number of likely N-dealkylation sites (N-methyl/N-ethyl adjacent to an activating group) is 1. The van der Waals surface area contributed by atoms with Crippen LogP contribution in [0.15, 0.2) is 0 Å². The molecule has 0 atom stereocenters. The van der Waals surface area contributed by atoms with Gasteiger partial charge >= 0.3 is 6.03 Å². The first-order valence-corrected chi connectivity index (χ1v) is 3.79. The van der Waals surface area contributed by atoms with Crippen LogP contribution in [0.3, 0.4) is 0 Å². The number of amides is 2. The SMILES string of the molecule is CCN(C)C(=O)N(C)CCN. The second kappa shape index (κ2) is 4.96. The molecule has 0 aliphatic rings. The lowest BCUT2D eigenvalue weighted by molar-refractivity contribution is 0.176. The van der Waals surface area contributed by atoms with Crippen LogP contribution in [0.1, 0.15) is 6.92 Å². The van der Waals surface area contributed by atoms with Gasteiger partial charge in [0.25, 0.3) is 0 Å². The molecule has 0 radical (unpaired) electrons. The number of carbonyl (C=O) groups is 1. The minimum Gasteiger partial charge on any atom is -0.329 e. The zero-order valence-electron chi connectivity index (χ0n) is 7.50. The fraction of sp³-hybridized carbons (Fsp3) is 0.857. The molecular formula is C7H17N3O. The average Bonchev–Trinajstić information content (AvgIpc) is 2.02. The minimum absolute atomic E-state index is 0.0259. The molecule has 0 fully saturated rings. The maximum Gasteiger partial charge on any atom is 0.319 e. The predicted molar refractivity (Wildman–Crippen MR) is 45.4 cm³/mol. The summed E-state index contributed by atoms with van der Waals surface area (Å²) in [6, 6.07) is 0.0259. The highest BCUT2D eigenvalue weighted by Gasteiger charge is 2.10. The van der Waals surface area contributed by atoms with Crippen molar-refractivity contribution in [2.45, 2.75) is 6.92 Å². The summed E-state index contributed by atoms with van der Waals surface area (Å²) in [4.78, 5) is 14.5. The number of nitrogens with two attached hydrogens (primary N) is 1. The van der Waals surface area contributed by atoms with Gasteiger partial charge in [-0.3, -0.25) is 0 Å². The molecule has 0 rings (SSSR count). The number of hydrogen-bond acceptors (Lipinski definition) is 2. The third kappa shape index (κ3) is 3.23. The molecule has 11 heavy (non-hydrogen) atoms. The zero-order valence-corrected chi connectivity index (χ0v) is 7.50. The van der Waals surface area contributed by atoms with Gasteiger partial charge in [0.05, 0.1) is 0 Å². The van der Waals surface area contributed by atoms with Crippen molar-refractivity contribution in [3.63, 3.8) is 0 Å². The summed E-state index contributed by atoms with van der Waals surface area (Å²) < 4.78 is 0. The van der Waals surface area contributed by atoms with Crippen LogP contribution in [0.2, 0.25) is 0 Å². The first kappa shape index (κ1) is 10.2. The summed E-state index contributed by atoms with van der Waals surface area (Å²) in [6.45, 7) is 3.80. The van der Waals surface area contributed by atoms with E-state index in [2.05, 4.69) is 0 Å². The molecule has 0 unspecified atom stereocenters. The van der Waals surface area contributed by atoms with E-state index in [0.29, 0.717) is 13.1 Å². The zero-order chi connectivity index (χ0) is 8.85. The molecule has 2 amide bonds. The van der Waals surface area contributed by atoms with Crippen molar-refractivity contribution in [3.8, 4) is 0 Å². The van der Waals surface area contributed by atoms with Crippen molar-refractivity contribution in [2.75, 3.05) is 33.7 Å². The number of urea groups is 1. The number of carbonyl (C=O) groups excluding carboxylic acids is 1. The molecular weight excluding hydrogens is 142 g/mol. The lowest BCUT2D eigenvalue weighted by Crippen LogP contribution is -2.40. The number of nitrogens with zero attached hydrogens (tertiary/aromatic N) is 2. The third-order valence-corrected chi connectivity index (χ3v) is 1.59. The Labute approximate surface area is 67.9 Å². The molecule has 0 aromatic carbocycles. The summed E-state index contributed by atoms with van der Waals surface area (Å²) in [7, 11) is 3.52. The van der Waals surface area contributed by atoms with E-state index in [9.17, 15) is 4.79 Å². The Morgan fingerprint density at radius 1 is 1.36 bits per heavy atom. The maximum atomic E-state index is 11.3. The molecule has 4 heteroatoms. The standard InChI is InChI=1S/C7H17N3O/c1-4-9(2)7(11)10(3)6-5-8/h4-6,8H2,1-3H3. The Hall–Kier alpha value is -0.770. The Bertz CT molecular complexity index is 127. The average molecular weight is 159 g/mol. The van der Waals surface area contributed by atoms with Crippen molar-refractivity contribution >= 4 is 6.03 Å². The Morgan fingerprint density at radius 3 is 2.27 bits per heavy atom. The second-order valence-corrected chi connectivity index (χ2v) is 2.51. The number of hydrogen-bond donors (Lipinski definition) is 1. The molecule has 0 heterocycles. The van der Waals surface area contributed by atoms with E-state index in [1.165, 1.54) is 0 Å². The van der Waals surface area contributed by atoms with Crippen molar-refractivity contribution in [2.24, 2.45) is 5.73 Å². The van der Waals surface area contributed by atoms with Gasteiger partial charge in [-0.15, -0.1) is 0 Å². The van der Waals surface area contributed by atoms with Gasteiger partial charge in [0.1, 0.15) is 0 Å². The Kier molecular flexibility index (Phi) is 4.61. The van der Waals surface area contributed by atoms with Crippen molar-refractivity contribution in [1.82, 2.24) is 9.80 Å². The smallest absolute Gasteiger partial charge is 0.319 e. The van der Waals surface area contributed by atoms with Gasteiger partial charge in [-0.25, -0.2) is 4.79 Å². The van der Waals surface area contributed by atoms with Gasteiger partial charge in [0.15, 0.2) is 0 Å². The highest BCUT2D eigenvalue weighted by molar-refractivity contribution is 5.73. The highest BCUT2D eigenvalue weighted by atomic mass is 16.2. The summed E-state index contributed by atoms with van der Waals surface area (Å²) in [6.07, 6.45) is 0. The van der Waals surface area contributed by atoms with Gasteiger partial charge < -0.3 is 15.5 Å². The molecule has 0 aliphatic heterocycles. The fourth-order valence-corrected chi connectivity index (χ4v) is 0.716. The van der Waals surface area contributed by atoms with Crippen molar-refractivity contribution in [1.29, 1.82) is 0 Å². The van der Waals surface area contributed by atoms with Crippen LogP contribution in [0.4, 0.5) is 4.79 Å². The third-order valence-electron chi connectivity index (χ3n) is 1.59. The van der Waals surface area contributed by atoms with Gasteiger partial charge in [0, 0.05) is 33.7 Å². The monoisotopic (exact) mass is 159 g/mol. The molecule has 4 nitrogen and oxygen atoms in total. The second-order valence-electron chi connectivity index (χ2n) is 2.51. The summed E-state index contributed by atoms with van der Waals surface area (Å²) in [5, 5.41) is 0.